The third-order valence-corrected chi connectivity index (χ3v) is 4.36. The van der Waals surface area contributed by atoms with Crippen LogP contribution in [0.1, 0.15) is 39.0 Å². The van der Waals surface area contributed by atoms with E-state index in [0.717, 1.165) is 38.3 Å². The van der Waals surface area contributed by atoms with Crippen LogP contribution >= 0.6 is 0 Å². The molecule has 1 heterocycles. The third kappa shape index (κ3) is 2.58. The van der Waals surface area contributed by atoms with E-state index >= 15 is 0 Å². The fourth-order valence-electron chi connectivity index (χ4n) is 3.41. The quantitative estimate of drug-likeness (QED) is 0.794. The molecule has 0 radical (unpaired) electrons. The number of morpholine rings is 1. The van der Waals surface area contributed by atoms with E-state index in [9.17, 15) is 0 Å². The zero-order valence-electron chi connectivity index (χ0n) is 10.5. The SMILES string of the molecule is CCC1CCCCC1N1CCOCC1CN. The average Bonchev–Trinajstić information content (AvgIpc) is 2.38. The molecular formula is C13H26N2O. The minimum absolute atomic E-state index is 0.464. The third-order valence-electron chi connectivity index (χ3n) is 4.36. The molecule has 1 aliphatic heterocycles. The monoisotopic (exact) mass is 226 g/mol. The number of hydrogen-bond donors (Lipinski definition) is 1. The van der Waals surface area contributed by atoms with E-state index in [2.05, 4.69) is 11.8 Å². The van der Waals surface area contributed by atoms with Gasteiger partial charge < -0.3 is 10.5 Å². The molecule has 3 nitrogen and oxygen atoms in total. The van der Waals surface area contributed by atoms with Crippen molar-refractivity contribution in [3.8, 4) is 0 Å². The number of rotatable bonds is 3. The Kier molecular flexibility index (Phi) is 4.62. The molecule has 3 atom stereocenters. The van der Waals surface area contributed by atoms with E-state index in [1.807, 2.05) is 0 Å². The largest absolute Gasteiger partial charge is 0.378 e. The fourth-order valence-corrected chi connectivity index (χ4v) is 3.41. The van der Waals surface area contributed by atoms with Gasteiger partial charge in [0.25, 0.3) is 0 Å². The first-order valence-corrected chi connectivity index (χ1v) is 6.90. The fraction of sp³-hybridized carbons (Fsp3) is 1.00. The summed E-state index contributed by atoms with van der Waals surface area (Å²) in [7, 11) is 0. The Morgan fingerprint density at radius 1 is 1.31 bits per heavy atom. The van der Waals surface area contributed by atoms with Crippen LogP contribution in [0.2, 0.25) is 0 Å². The predicted molar refractivity (Wildman–Crippen MR) is 66.4 cm³/mol. The van der Waals surface area contributed by atoms with Crippen LogP contribution in [0.15, 0.2) is 0 Å². The first kappa shape index (κ1) is 12.3. The Morgan fingerprint density at radius 2 is 2.12 bits per heavy atom. The highest BCUT2D eigenvalue weighted by molar-refractivity contribution is 4.88. The van der Waals surface area contributed by atoms with Gasteiger partial charge in [-0.05, 0) is 18.8 Å². The molecule has 2 fully saturated rings. The van der Waals surface area contributed by atoms with Gasteiger partial charge in [-0.1, -0.05) is 26.2 Å². The molecule has 2 aliphatic rings. The summed E-state index contributed by atoms with van der Waals surface area (Å²) in [6, 6.07) is 1.24. The van der Waals surface area contributed by atoms with Gasteiger partial charge in [0.05, 0.1) is 13.2 Å². The van der Waals surface area contributed by atoms with Gasteiger partial charge in [-0.3, -0.25) is 4.90 Å². The minimum Gasteiger partial charge on any atom is -0.378 e. The molecule has 2 rings (SSSR count). The van der Waals surface area contributed by atoms with Crippen LogP contribution < -0.4 is 5.73 Å². The van der Waals surface area contributed by atoms with E-state index < -0.39 is 0 Å². The van der Waals surface area contributed by atoms with Crippen molar-refractivity contribution in [1.29, 1.82) is 0 Å². The van der Waals surface area contributed by atoms with Crippen molar-refractivity contribution in [3.63, 3.8) is 0 Å². The second-order valence-corrected chi connectivity index (χ2v) is 5.22. The maximum absolute atomic E-state index is 5.87. The molecule has 0 bridgehead atoms. The second kappa shape index (κ2) is 5.99. The first-order valence-electron chi connectivity index (χ1n) is 6.90. The number of ether oxygens (including phenoxy) is 1. The van der Waals surface area contributed by atoms with Gasteiger partial charge in [0.15, 0.2) is 0 Å². The van der Waals surface area contributed by atoms with Crippen molar-refractivity contribution in [2.75, 3.05) is 26.3 Å². The lowest BCUT2D eigenvalue weighted by molar-refractivity contribution is -0.0467. The molecule has 1 saturated carbocycles. The molecule has 0 aromatic heterocycles. The molecule has 0 aromatic carbocycles. The van der Waals surface area contributed by atoms with Gasteiger partial charge in [0.2, 0.25) is 0 Å². The van der Waals surface area contributed by atoms with Crippen molar-refractivity contribution in [3.05, 3.63) is 0 Å². The highest BCUT2D eigenvalue weighted by Crippen LogP contribution is 2.32. The molecule has 0 aromatic rings. The van der Waals surface area contributed by atoms with Crippen molar-refractivity contribution in [2.45, 2.75) is 51.1 Å². The Morgan fingerprint density at radius 3 is 2.88 bits per heavy atom. The van der Waals surface area contributed by atoms with Crippen molar-refractivity contribution in [1.82, 2.24) is 4.90 Å². The molecule has 3 unspecified atom stereocenters. The van der Waals surface area contributed by atoms with Crippen LogP contribution in [0, 0.1) is 5.92 Å². The molecule has 1 aliphatic carbocycles. The Bertz CT molecular complexity index is 188. The van der Waals surface area contributed by atoms with Crippen LogP contribution in [0.25, 0.3) is 0 Å². The smallest absolute Gasteiger partial charge is 0.0634 e. The zero-order valence-corrected chi connectivity index (χ0v) is 10.5. The van der Waals surface area contributed by atoms with Gasteiger partial charge in [0.1, 0.15) is 0 Å². The van der Waals surface area contributed by atoms with Crippen LogP contribution in [0.5, 0.6) is 0 Å². The normalized spacial score (nSPS) is 37.5. The molecule has 0 amide bonds. The molecule has 3 heteroatoms. The highest BCUT2D eigenvalue weighted by Gasteiger charge is 2.34. The lowest BCUT2D eigenvalue weighted by atomic mass is 9.81. The summed E-state index contributed by atoms with van der Waals surface area (Å²) in [4.78, 5) is 2.65. The molecule has 2 N–H and O–H groups in total. The first-order chi connectivity index (χ1) is 7.86. The highest BCUT2D eigenvalue weighted by atomic mass is 16.5. The molecule has 1 saturated heterocycles. The van der Waals surface area contributed by atoms with E-state index in [0.29, 0.717) is 6.04 Å². The average molecular weight is 226 g/mol. The lowest BCUT2D eigenvalue weighted by Gasteiger charge is -2.45. The van der Waals surface area contributed by atoms with Gasteiger partial charge in [0, 0.05) is 25.2 Å². The van der Waals surface area contributed by atoms with Gasteiger partial charge >= 0.3 is 0 Å². The van der Waals surface area contributed by atoms with Crippen LogP contribution in [0.3, 0.4) is 0 Å². The van der Waals surface area contributed by atoms with Crippen molar-refractivity contribution >= 4 is 0 Å². The maximum Gasteiger partial charge on any atom is 0.0634 e. The number of hydrogen-bond acceptors (Lipinski definition) is 3. The summed E-state index contributed by atoms with van der Waals surface area (Å²) < 4.78 is 5.54. The van der Waals surface area contributed by atoms with Crippen molar-refractivity contribution in [2.24, 2.45) is 11.7 Å². The minimum atomic E-state index is 0.464. The Labute approximate surface area is 99.3 Å². The summed E-state index contributed by atoms with van der Waals surface area (Å²) in [6.45, 7) is 5.89. The topological polar surface area (TPSA) is 38.5 Å². The summed E-state index contributed by atoms with van der Waals surface area (Å²) in [5.74, 6) is 0.890. The molecule has 94 valence electrons. The Balaban J connectivity index is 2.01. The van der Waals surface area contributed by atoms with Gasteiger partial charge in [-0.2, -0.15) is 0 Å². The number of nitrogens with zero attached hydrogens (tertiary/aromatic N) is 1. The Hall–Kier alpha value is -0.120. The van der Waals surface area contributed by atoms with Crippen LogP contribution in [-0.2, 0) is 4.74 Å². The zero-order chi connectivity index (χ0) is 11.4. The number of nitrogens with two attached hydrogens (primary N) is 1. The molecule has 0 spiro atoms. The van der Waals surface area contributed by atoms with E-state index in [-0.39, 0.29) is 0 Å². The van der Waals surface area contributed by atoms with E-state index in [1.165, 1.54) is 32.1 Å². The van der Waals surface area contributed by atoms with Gasteiger partial charge in [-0.25, -0.2) is 0 Å². The summed E-state index contributed by atoms with van der Waals surface area (Å²) in [5.41, 5.74) is 5.87. The predicted octanol–water partition coefficient (Wildman–Crippen LogP) is 1.61. The van der Waals surface area contributed by atoms with E-state index in [4.69, 9.17) is 10.5 Å². The lowest BCUT2D eigenvalue weighted by Crippen LogP contribution is -2.56. The standard InChI is InChI=1S/C13H26N2O/c1-2-11-5-3-4-6-13(11)15-7-8-16-10-12(15)9-14/h11-13H,2-10,14H2,1H3. The second-order valence-electron chi connectivity index (χ2n) is 5.22. The molecule has 16 heavy (non-hydrogen) atoms. The molecular weight excluding hydrogens is 200 g/mol. The van der Waals surface area contributed by atoms with Crippen LogP contribution in [-0.4, -0.2) is 43.3 Å². The van der Waals surface area contributed by atoms with E-state index in [1.54, 1.807) is 0 Å². The van der Waals surface area contributed by atoms with Gasteiger partial charge in [-0.15, -0.1) is 0 Å². The van der Waals surface area contributed by atoms with Crippen LogP contribution in [0.4, 0.5) is 0 Å². The summed E-state index contributed by atoms with van der Waals surface area (Å²) in [5, 5.41) is 0. The summed E-state index contributed by atoms with van der Waals surface area (Å²) in [6.07, 6.45) is 6.92. The van der Waals surface area contributed by atoms with Crippen molar-refractivity contribution < 1.29 is 4.74 Å². The summed E-state index contributed by atoms with van der Waals surface area (Å²) >= 11 is 0. The maximum atomic E-state index is 5.87.